The van der Waals surface area contributed by atoms with Gasteiger partial charge in [-0.2, -0.15) is 0 Å². The van der Waals surface area contributed by atoms with Gasteiger partial charge in [-0.25, -0.2) is 0 Å². The van der Waals surface area contributed by atoms with E-state index < -0.39 is 91.7 Å². The number of benzene rings is 1. The monoisotopic (exact) mass is 682 g/mol. The van der Waals surface area contributed by atoms with Crippen LogP contribution in [0.1, 0.15) is 51.5 Å². The van der Waals surface area contributed by atoms with Gasteiger partial charge in [0.05, 0.1) is 26.2 Å². The van der Waals surface area contributed by atoms with Gasteiger partial charge in [-0.15, -0.1) is 0 Å². The molecular weight excluding hydrogens is 636 g/mol. The summed E-state index contributed by atoms with van der Waals surface area (Å²) in [6.45, 7) is 2.36. The lowest BCUT2D eigenvalue weighted by Crippen LogP contribution is -2.58. The van der Waals surface area contributed by atoms with Gasteiger partial charge >= 0.3 is 0 Å². The van der Waals surface area contributed by atoms with E-state index in [0.29, 0.717) is 45.2 Å². The fourth-order valence-electron chi connectivity index (χ4n) is 6.22. The molecule has 0 saturated carbocycles. The highest BCUT2D eigenvalue weighted by atomic mass is 16.2. The maximum atomic E-state index is 13.8. The fraction of sp³-hybridized carbons (Fsp3) is 0.576. The zero-order valence-electron chi connectivity index (χ0n) is 27.9. The molecule has 266 valence electrons. The van der Waals surface area contributed by atoms with Crippen LogP contribution in [0.4, 0.5) is 0 Å². The van der Waals surface area contributed by atoms with Crippen molar-refractivity contribution in [3.63, 3.8) is 0 Å². The third kappa shape index (κ3) is 9.99. The number of nitrogens with one attached hydrogen (secondary N) is 6. The van der Waals surface area contributed by atoms with Gasteiger partial charge in [0.1, 0.15) is 24.2 Å². The summed E-state index contributed by atoms with van der Waals surface area (Å²) in [4.78, 5) is 108. The van der Waals surface area contributed by atoms with E-state index in [-0.39, 0.29) is 18.2 Å². The maximum Gasteiger partial charge on any atom is 0.246 e. The Balaban J connectivity index is 1.56. The molecule has 0 radical (unpaired) electrons. The molecule has 49 heavy (non-hydrogen) atoms. The Morgan fingerprint density at radius 3 is 1.96 bits per heavy atom. The standard InChI is InChI=1S/C33H46N8O8/c1-3-20(2)29-32(48)37-17-26(43)34-16-25(42)35-19-28(45)40-13-8-12-24(40)33(49)41-14-7-11-23(41)31(47)38-22(15-21-9-5-4-6-10-21)30(46)36-18-27(44)39-29/h4-6,9-10,20,22-24,29H,3,7-8,11-19H2,1-2H3,(H,34,43)(H,35,42)(H,36,46)(H,37,48)(H,38,47)(H,39,44). The van der Waals surface area contributed by atoms with Crippen molar-refractivity contribution in [2.24, 2.45) is 5.92 Å². The van der Waals surface area contributed by atoms with Crippen LogP contribution in [0.5, 0.6) is 0 Å². The van der Waals surface area contributed by atoms with Gasteiger partial charge in [0, 0.05) is 19.5 Å². The van der Waals surface area contributed by atoms with Crippen LogP contribution in [0.25, 0.3) is 0 Å². The third-order valence-corrected chi connectivity index (χ3v) is 9.15. The predicted octanol–water partition coefficient (Wildman–Crippen LogP) is -2.29. The minimum absolute atomic E-state index is 0.108. The molecule has 5 unspecified atom stereocenters. The molecule has 8 amide bonds. The summed E-state index contributed by atoms with van der Waals surface area (Å²) in [5.74, 6) is -4.93. The topological polar surface area (TPSA) is 215 Å². The number of hydrogen-bond donors (Lipinski definition) is 6. The van der Waals surface area contributed by atoms with Crippen molar-refractivity contribution in [2.75, 3.05) is 39.3 Å². The highest BCUT2D eigenvalue weighted by molar-refractivity contribution is 5.97. The van der Waals surface area contributed by atoms with Crippen molar-refractivity contribution >= 4 is 47.3 Å². The number of rotatable bonds is 4. The molecule has 3 aliphatic heterocycles. The molecule has 16 heteroatoms. The van der Waals surface area contributed by atoms with Crippen LogP contribution in [-0.4, -0.2) is 120 Å². The second-order valence-corrected chi connectivity index (χ2v) is 12.6. The van der Waals surface area contributed by atoms with Crippen LogP contribution in [0.3, 0.4) is 0 Å². The van der Waals surface area contributed by atoms with E-state index in [4.69, 9.17) is 0 Å². The summed E-state index contributed by atoms with van der Waals surface area (Å²) in [5, 5.41) is 15.2. The van der Waals surface area contributed by atoms with Crippen molar-refractivity contribution in [1.29, 1.82) is 0 Å². The number of fused-ring (bicyclic) bond motifs is 2. The second kappa shape index (κ2) is 17.4. The summed E-state index contributed by atoms with van der Waals surface area (Å²) in [6, 6.07) is 5.20. The Morgan fingerprint density at radius 1 is 0.673 bits per heavy atom. The second-order valence-electron chi connectivity index (χ2n) is 12.6. The van der Waals surface area contributed by atoms with Crippen LogP contribution < -0.4 is 31.9 Å². The SMILES string of the molecule is CCC(C)C1NC(=O)CNC(=O)C(Cc2ccccc2)NC(=O)C2CCCN2C(=O)C2CCCN2C(=O)CNC(=O)CNC(=O)CNC1=O. The van der Waals surface area contributed by atoms with Crippen molar-refractivity contribution in [3.05, 3.63) is 35.9 Å². The smallest absolute Gasteiger partial charge is 0.246 e. The van der Waals surface area contributed by atoms with Gasteiger partial charge in [-0.05, 0) is 37.2 Å². The summed E-state index contributed by atoms with van der Waals surface area (Å²) >= 11 is 0. The Morgan fingerprint density at radius 2 is 1.27 bits per heavy atom. The Kier molecular flexibility index (Phi) is 13.1. The normalized spacial score (nSPS) is 26.2. The molecule has 0 aliphatic carbocycles. The fourth-order valence-corrected chi connectivity index (χ4v) is 6.22. The van der Waals surface area contributed by atoms with Crippen molar-refractivity contribution < 1.29 is 38.4 Å². The number of amides is 8. The molecule has 4 rings (SSSR count). The van der Waals surface area contributed by atoms with Gasteiger partial charge in [-0.1, -0.05) is 50.6 Å². The average Bonchev–Trinajstić information content (AvgIpc) is 3.80. The summed E-state index contributed by atoms with van der Waals surface area (Å²) in [7, 11) is 0. The highest BCUT2D eigenvalue weighted by Gasteiger charge is 2.42. The molecule has 1 aromatic rings. The minimum Gasteiger partial charge on any atom is -0.346 e. The molecule has 6 N–H and O–H groups in total. The Hall–Kier alpha value is -5.02. The van der Waals surface area contributed by atoms with E-state index in [0.717, 1.165) is 5.56 Å². The Bertz CT molecular complexity index is 1420. The number of nitrogens with zero attached hydrogens (tertiary/aromatic N) is 2. The summed E-state index contributed by atoms with van der Waals surface area (Å²) in [6.07, 6.45) is 2.49. The van der Waals surface area contributed by atoms with Crippen LogP contribution in [0.15, 0.2) is 30.3 Å². The first-order chi connectivity index (χ1) is 23.5. The first-order valence-electron chi connectivity index (χ1n) is 16.8. The number of carbonyl (C=O) groups excluding carboxylic acids is 8. The summed E-state index contributed by atoms with van der Waals surface area (Å²) < 4.78 is 0. The van der Waals surface area contributed by atoms with Gasteiger partial charge in [0.25, 0.3) is 0 Å². The van der Waals surface area contributed by atoms with Crippen molar-refractivity contribution in [3.8, 4) is 0 Å². The van der Waals surface area contributed by atoms with E-state index in [1.54, 1.807) is 31.2 Å². The van der Waals surface area contributed by atoms with Crippen LogP contribution >= 0.6 is 0 Å². The number of hydrogen-bond acceptors (Lipinski definition) is 8. The molecule has 3 fully saturated rings. The van der Waals surface area contributed by atoms with Gasteiger partial charge in [-0.3, -0.25) is 38.4 Å². The summed E-state index contributed by atoms with van der Waals surface area (Å²) in [5.41, 5.74) is 0.754. The first kappa shape index (κ1) is 36.8. The molecule has 0 bridgehead atoms. The lowest BCUT2D eigenvalue weighted by Gasteiger charge is -2.31. The molecule has 16 nitrogen and oxygen atoms in total. The molecular formula is C33H46N8O8. The van der Waals surface area contributed by atoms with Gasteiger partial charge in [0.15, 0.2) is 0 Å². The van der Waals surface area contributed by atoms with Gasteiger partial charge in [0.2, 0.25) is 47.3 Å². The Labute approximate surface area is 284 Å². The van der Waals surface area contributed by atoms with Gasteiger partial charge < -0.3 is 41.7 Å². The van der Waals surface area contributed by atoms with E-state index in [9.17, 15) is 38.4 Å². The zero-order valence-corrected chi connectivity index (χ0v) is 27.9. The molecule has 3 saturated heterocycles. The van der Waals surface area contributed by atoms with Crippen LogP contribution in [0.2, 0.25) is 0 Å². The van der Waals surface area contributed by atoms with Crippen LogP contribution in [-0.2, 0) is 44.8 Å². The van der Waals surface area contributed by atoms with E-state index in [2.05, 4.69) is 31.9 Å². The van der Waals surface area contributed by atoms with E-state index in [1.807, 2.05) is 13.0 Å². The molecule has 3 heterocycles. The predicted molar refractivity (Wildman–Crippen MR) is 175 cm³/mol. The third-order valence-electron chi connectivity index (χ3n) is 9.15. The number of carbonyl (C=O) groups is 8. The molecule has 0 spiro atoms. The van der Waals surface area contributed by atoms with Crippen LogP contribution in [0, 0.1) is 5.92 Å². The molecule has 0 aromatic heterocycles. The van der Waals surface area contributed by atoms with E-state index >= 15 is 0 Å². The molecule has 5 atom stereocenters. The van der Waals surface area contributed by atoms with Crippen molar-refractivity contribution in [2.45, 2.75) is 76.5 Å². The quantitative estimate of drug-likeness (QED) is 0.203. The van der Waals surface area contributed by atoms with Crippen molar-refractivity contribution in [1.82, 2.24) is 41.7 Å². The average molecular weight is 683 g/mol. The maximum absolute atomic E-state index is 13.8. The first-order valence-corrected chi connectivity index (χ1v) is 16.8. The molecule has 3 aliphatic rings. The lowest BCUT2D eigenvalue weighted by molar-refractivity contribution is -0.146. The molecule has 1 aromatic carbocycles. The zero-order chi connectivity index (χ0) is 35.5. The largest absolute Gasteiger partial charge is 0.346 e. The highest BCUT2D eigenvalue weighted by Crippen LogP contribution is 2.25. The minimum atomic E-state index is -1.09. The van der Waals surface area contributed by atoms with E-state index in [1.165, 1.54) is 9.80 Å². The lowest BCUT2D eigenvalue weighted by atomic mass is 9.98.